The average Bonchev–Trinajstić information content (AvgIpc) is 2.78. The van der Waals surface area contributed by atoms with Crippen molar-refractivity contribution in [1.82, 2.24) is 0 Å². The van der Waals surface area contributed by atoms with Gasteiger partial charge in [-0.15, -0.1) is 0 Å². The fourth-order valence-electron chi connectivity index (χ4n) is 3.83. The van der Waals surface area contributed by atoms with Crippen LogP contribution >= 0.6 is 46.4 Å². The van der Waals surface area contributed by atoms with Gasteiger partial charge in [0.05, 0.1) is 10.7 Å². The van der Waals surface area contributed by atoms with Gasteiger partial charge in [-0.1, -0.05) is 52.5 Å². The van der Waals surface area contributed by atoms with E-state index in [0.29, 0.717) is 28.2 Å². The van der Waals surface area contributed by atoms with Gasteiger partial charge in [0, 0.05) is 51.5 Å². The monoisotopic (exact) mass is 508 g/mol. The van der Waals surface area contributed by atoms with Crippen molar-refractivity contribution in [3.05, 3.63) is 85.8 Å². The molecule has 0 atom stereocenters. The number of halogens is 4. The van der Waals surface area contributed by atoms with Crippen LogP contribution in [0.2, 0.25) is 20.1 Å². The van der Waals surface area contributed by atoms with Crippen LogP contribution in [0.5, 0.6) is 5.75 Å². The highest BCUT2D eigenvalue weighted by molar-refractivity contribution is 6.35. The third-order valence-electron chi connectivity index (χ3n) is 5.55. The first-order valence-electron chi connectivity index (χ1n) is 10.6. The summed E-state index contributed by atoms with van der Waals surface area (Å²) in [6.07, 6.45) is 3.73. The van der Waals surface area contributed by atoms with Crippen LogP contribution in [0.1, 0.15) is 30.4 Å². The quantitative estimate of drug-likeness (QED) is 0.345. The summed E-state index contributed by atoms with van der Waals surface area (Å²) in [5, 5.41) is 6.02. The number of rotatable bonds is 7. The number of piperidine rings is 1. The summed E-state index contributed by atoms with van der Waals surface area (Å²) in [6, 6.07) is 17.1. The van der Waals surface area contributed by atoms with Gasteiger partial charge in [-0.2, -0.15) is 0 Å². The van der Waals surface area contributed by atoms with Crippen LogP contribution in [0.4, 0.5) is 11.4 Å². The molecule has 1 aliphatic rings. The van der Waals surface area contributed by atoms with Crippen molar-refractivity contribution in [2.45, 2.75) is 32.4 Å². The zero-order chi connectivity index (χ0) is 22.5. The van der Waals surface area contributed by atoms with Gasteiger partial charge in [-0.3, -0.25) is 0 Å². The van der Waals surface area contributed by atoms with E-state index in [0.717, 1.165) is 46.4 Å². The van der Waals surface area contributed by atoms with Gasteiger partial charge < -0.3 is 15.0 Å². The first-order valence-corrected chi connectivity index (χ1v) is 12.1. The van der Waals surface area contributed by atoms with E-state index < -0.39 is 0 Å². The summed E-state index contributed by atoms with van der Waals surface area (Å²) in [6.45, 7) is 3.01. The lowest BCUT2D eigenvalue weighted by molar-refractivity contribution is 0.303. The molecule has 1 saturated heterocycles. The minimum Gasteiger partial charge on any atom is -0.488 e. The van der Waals surface area contributed by atoms with E-state index in [-0.39, 0.29) is 0 Å². The fraction of sp³-hybridized carbons (Fsp3) is 0.280. The molecule has 4 rings (SSSR count). The average molecular weight is 510 g/mol. The van der Waals surface area contributed by atoms with E-state index >= 15 is 0 Å². The minimum absolute atomic E-state index is 0.334. The predicted molar refractivity (Wildman–Crippen MR) is 137 cm³/mol. The van der Waals surface area contributed by atoms with Crippen molar-refractivity contribution in [2.24, 2.45) is 0 Å². The molecule has 0 aromatic heterocycles. The molecular formula is C25H24Cl4N2O. The second-order valence-electron chi connectivity index (χ2n) is 7.84. The molecule has 3 nitrogen and oxygen atoms in total. The van der Waals surface area contributed by atoms with E-state index in [1.807, 2.05) is 30.3 Å². The molecule has 32 heavy (non-hydrogen) atoms. The molecule has 3 aromatic rings. The lowest BCUT2D eigenvalue weighted by Crippen LogP contribution is -2.29. The highest BCUT2D eigenvalue weighted by Gasteiger charge is 2.14. The fourth-order valence-corrected chi connectivity index (χ4v) is 4.78. The van der Waals surface area contributed by atoms with Gasteiger partial charge >= 0.3 is 0 Å². The van der Waals surface area contributed by atoms with Crippen LogP contribution in [0, 0.1) is 0 Å². The Morgan fingerprint density at radius 1 is 0.750 bits per heavy atom. The summed E-state index contributed by atoms with van der Waals surface area (Å²) < 4.78 is 6.05. The Morgan fingerprint density at radius 3 is 2.25 bits per heavy atom. The summed E-state index contributed by atoms with van der Waals surface area (Å²) in [7, 11) is 0. The number of hydrogen-bond acceptors (Lipinski definition) is 3. The molecule has 0 spiro atoms. The predicted octanol–water partition coefficient (Wildman–Crippen LogP) is 8.48. The molecule has 0 bridgehead atoms. The minimum atomic E-state index is 0.334. The number of benzene rings is 3. The number of nitrogens with one attached hydrogen (secondary N) is 1. The van der Waals surface area contributed by atoms with Crippen molar-refractivity contribution >= 4 is 57.8 Å². The largest absolute Gasteiger partial charge is 0.488 e. The maximum atomic E-state index is 6.60. The van der Waals surface area contributed by atoms with Crippen molar-refractivity contribution in [3.8, 4) is 5.75 Å². The third kappa shape index (κ3) is 5.96. The Morgan fingerprint density at radius 2 is 1.50 bits per heavy atom. The van der Waals surface area contributed by atoms with E-state index in [2.05, 4.69) is 22.3 Å². The summed E-state index contributed by atoms with van der Waals surface area (Å²) in [5.74, 6) is 0.740. The Bertz CT molecular complexity index is 1080. The highest BCUT2D eigenvalue weighted by Crippen LogP contribution is 2.32. The normalized spacial score (nSPS) is 13.8. The van der Waals surface area contributed by atoms with E-state index in [9.17, 15) is 0 Å². The highest BCUT2D eigenvalue weighted by atomic mass is 35.5. The summed E-state index contributed by atoms with van der Waals surface area (Å²) >= 11 is 25.1. The zero-order valence-corrected chi connectivity index (χ0v) is 20.5. The van der Waals surface area contributed by atoms with Crippen LogP contribution in [-0.4, -0.2) is 13.1 Å². The van der Waals surface area contributed by atoms with Crippen molar-refractivity contribution in [1.29, 1.82) is 0 Å². The van der Waals surface area contributed by atoms with Gasteiger partial charge in [-0.25, -0.2) is 0 Å². The molecule has 7 heteroatoms. The lowest BCUT2D eigenvalue weighted by atomic mass is 10.1. The Labute approximate surface area is 209 Å². The summed E-state index contributed by atoms with van der Waals surface area (Å²) in [5.41, 5.74) is 3.86. The number of ether oxygens (including phenoxy) is 1. The SMILES string of the molecule is Clc1ccc(COc2ccc(Cl)cc2CNc2ccc(N3CCCCC3)c(Cl)c2)c(Cl)c1. The van der Waals surface area contributed by atoms with Crippen LogP contribution in [-0.2, 0) is 13.2 Å². The number of anilines is 2. The molecule has 0 unspecified atom stereocenters. The topological polar surface area (TPSA) is 24.5 Å². The molecule has 1 aliphatic heterocycles. The molecule has 3 aromatic carbocycles. The van der Waals surface area contributed by atoms with Gasteiger partial charge in [0.15, 0.2) is 0 Å². The Balaban J connectivity index is 1.43. The van der Waals surface area contributed by atoms with E-state index in [1.165, 1.54) is 19.3 Å². The third-order valence-corrected chi connectivity index (χ3v) is 6.67. The smallest absolute Gasteiger partial charge is 0.124 e. The molecule has 0 saturated carbocycles. The van der Waals surface area contributed by atoms with Crippen molar-refractivity contribution in [2.75, 3.05) is 23.3 Å². The molecule has 1 N–H and O–H groups in total. The second-order valence-corrected chi connectivity index (χ2v) is 9.53. The van der Waals surface area contributed by atoms with Crippen molar-refractivity contribution < 1.29 is 4.74 Å². The van der Waals surface area contributed by atoms with Crippen molar-refractivity contribution in [3.63, 3.8) is 0 Å². The Kier molecular flexibility index (Phi) is 7.96. The van der Waals surface area contributed by atoms with Gasteiger partial charge in [-0.05, 0) is 67.8 Å². The van der Waals surface area contributed by atoms with E-state index in [4.69, 9.17) is 51.1 Å². The van der Waals surface area contributed by atoms with Gasteiger partial charge in [0.25, 0.3) is 0 Å². The zero-order valence-electron chi connectivity index (χ0n) is 17.5. The maximum Gasteiger partial charge on any atom is 0.124 e. The lowest BCUT2D eigenvalue weighted by Gasteiger charge is -2.29. The van der Waals surface area contributed by atoms with Crippen LogP contribution in [0.25, 0.3) is 0 Å². The standard InChI is InChI=1S/C25H24Cl4N2O/c26-19-6-9-25(32-16-17-4-5-20(27)13-22(17)28)18(12-19)15-30-21-7-8-24(23(29)14-21)31-10-2-1-3-11-31/h4-9,12-14,30H,1-3,10-11,15-16H2. The first-order chi connectivity index (χ1) is 15.5. The molecule has 0 radical (unpaired) electrons. The maximum absolute atomic E-state index is 6.60. The van der Waals surface area contributed by atoms with Crippen LogP contribution in [0.15, 0.2) is 54.6 Å². The molecule has 0 amide bonds. The number of hydrogen-bond donors (Lipinski definition) is 1. The Hall–Kier alpha value is -1.78. The molecule has 0 aliphatic carbocycles. The van der Waals surface area contributed by atoms with Crippen LogP contribution < -0.4 is 15.0 Å². The van der Waals surface area contributed by atoms with Gasteiger partial charge in [0.2, 0.25) is 0 Å². The van der Waals surface area contributed by atoms with Gasteiger partial charge in [0.1, 0.15) is 12.4 Å². The van der Waals surface area contributed by atoms with Crippen LogP contribution in [0.3, 0.4) is 0 Å². The molecule has 1 heterocycles. The molecular weight excluding hydrogens is 486 g/mol. The molecule has 1 fully saturated rings. The van der Waals surface area contributed by atoms with E-state index in [1.54, 1.807) is 12.1 Å². The number of nitrogens with zero attached hydrogens (tertiary/aromatic N) is 1. The second kappa shape index (κ2) is 10.9. The summed E-state index contributed by atoms with van der Waals surface area (Å²) in [4.78, 5) is 2.36. The first kappa shape index (κ1) is 23.4. The molecule has 168 valence electrons.